The van der Waals surface area contributed by atoms with E-state index >= 15 is 0 Å². The number of phosphoric ester groups is 2. The van der Waals surface area contributed by atoms with E-state index in [1.807, 2.05) is 0 Å². The van der Waals surface area contributed by atoms with Crippen LogP contribution in [0.25, 0.3) is 0 Å². The van der Waals surface area contributed by atoms with Gasteiger partial charge < -0.3 is 33.8 Å². The predicted octanol–water partition coefficient (Wildman–Crippen LogP) is 29.7. The molecular formula is C95H186O17P2. The molecule has 0 aromatic rings. The Labute approximate surface area is 702 Å². The van der Waals surface area contributed by atoms with Crippen molar-refractivity contribution in [3.8, 4) is 0 Å². The molecule has 0 spiro atoms. The van der Waals surface area contributed by atoms with Crippen LogP contribution in [0.1, 0.15) is 517 Å². The molecule has 5 atom stereocenters. The molecule has 0 saturated carbocycles. The van der Waals surface area contributed by atoms with Crippen molar-refractivity contribution in [2.75, 3.05) is 39.6 Å². The van der Waals surface area contributed by atoms with Crippen molar-refractivity contribution >= 4 is 39.5 Å². The van der Waals surface area contributed by atoms with E-state index in [1.54, 1.807) is 0 Å². The number of aliphatic hydroxyl groups is 1. The van der Waals surface area contributed by atoms with Gasteiger partial charge in [0.1, 0.15) is 19.3 Å². The van der Waals surface area contributed by atoms with Gasteiger partial charge in [-0.15, -0.1) is 0 Å². The minimum Gasteiger partial charge on any atom is -0.462 e. The molecule has 3 N–H and O–H groups in total. The first kappa shape index (κ1) is 112. The van der Waals surface area contributed by atoms with Crippen LogP contribution in [-0.4, -0.2) is 96.7 Å². The second-order valence-electron chi connectivity index (χ2n) is 35.1. The minimum atomic E-state index is -4.97. The molecule has 0 aliphatic rings. The third-order valence-corrected chi connectivity index (χ3v) is 24.4. The molecule has 678 valence electrons. The van der Waals surface area contributed by atoms with Crippen LogP contribution in [0.5, 0.6) is 0 Å². The largest absolute Gasteiger partial charge is 0.472 e. The molecule has 0 saturated heterocycles. The fraction of sp³-hybridized carbons (Fsp3) is 0.958. The zero-order valence-corrected chi connectivity index (χ0v) is 77.2. The topological polar surface area (TPSA) is 237 Å². The van der Waals surface area contributed by atoms with Crippen molar-refractivity contribution in [2.45, 2.75) is 535 Å². The summed E-state index contributed by atoms with van der Waals surface area (Å²) in [6, 6.07) is 0. The normalized spacial score (nSPS) is 13.7. The molecule has 0 heterocycles. The third-order valence-electron chi connectivity index (χ3n) is 22.5. The Morgan fingerprint density at radius 1 is 0.237 bits per heavy atom. The van der Waals surface area contributed by atoms with E-state index < -0.39 is 97.5 Å². The average Bonchev–Trinajstić information content (AvgIpc) is 0.898. The molecule has 19 heteroatoms. The number of carbonyl (C=O) groups is 4. The van der Waals surface area contributed by atoms with Crippen LogP contribution in [0.3, 0.4) is 0 Å². The van der Waals surface area contributed by atoms with Gasteiger partial charge in [-0.1, -0.05) is 465 Å². The Kier molecular flexibility index (Phi) is 84.6. The highest BCUT2D eigenvalue weighted by molar-refractivity contribution is 7.47. The molecule has 2 unspecified atom stereocenters. The van der Waals surface area contributed by atoms with Gasteiger partial charge in [0.25, 0.3) is 0 Å². The van der Waals surface area contributed by atoms with Crippen molar-refractivity contribution in [3.63, 3.8) is 0 Å². The number of hydrogen-bond acceptors (Lipinski definition) is 15. The van der Waals surface area contributed by atoms with Crippen LogP contribution in [0.15, 0.2) is 0 Å². The van der Waals surface area contributed by atoms with Crippen molar-refractivity contribution < 1.29 is 80.2 Å². The number of rotatable bonds is 94. The molecule has 0 aliphatic carbocycles. The first-order valence-corrected chi connectivity index (χ1v) is 52.0. The predicted molar refractivity (Wildman–Crippen MR) is 474 cm³/mol. The summed E-state index contributed by atoms with van der Waals surface area (Å²) in [6.07, 6.45) is 82.3. The highest BCUT2D eigenvalue weighted by Gasteiger charge is 2.31. The summed E-state index contributed by atoms with van der Waals surface area (Å²) >= 11 is 0. The summed E-state index contributed by atoms with van der Waals surface area (Å²) in [4.78, 5) is 73.5. The zero-order valence-electron chi connectivity index (χ0n) is 75.4. The van der Waals surface area contributed by atoms with Gasteiger partial charge in [0.2, 0.25) is 0 Å². The number of hydrogen-bond donors (Lipinski definition) is 3. The summed E-state index contributed by atoms with van der Waals surface area (Å²) in [5, 5.41) is 10.7. The quantitative estimate of drug-likeness (QED) is 0.0222. The average molecular weight is 1660 g/mol. The standard InChI is InChI=1S/C95H186O17P2/c1-7-9-11-13-15-17-19-21-23-25-27-29-30-32-38-42-46-50-54-62-68-73-79-94(99)111-90(83-105-92(97)77-71-65-59-52-48-44-40-36-34-33-35-39-43-47-51-57-63-69-75-87(3)4)85-109-113(101,102)107-81-89(96)82-108-114(103,104)110-86-91(84-106-93(98)78-72-66-60-56-55-58-64-70-76-88(5)6)112-95(100)80-74-67-61-53-49-45-41-37-31-28-26-24-22-20-18-16-14-12-10-8-2/h87-91,96H,7-86H2,1-6H3,(H,101,102)(H,103,104)/t89-,90-,91-/m1/s1. The summed E-state index contributed by atoms with van der Waals surface area (Å²) in [7, 11) is -9.94. The summed E-state index contributed by atoms with van der Waals surface area (Å²) in [5.41, 5.74) is 0. The molecule has 0 fully saturated rings. The maximum atomic E-state index is 13.2. The minimum absolute atomic E-state index is 0.109. The molecule has 0 aromatic heterocycles. The maximum Gasteiger partial charge on any atom is 0.472 e. The van der Waals surface area contributed by atoms with Crippen LogP contribution in [0.4, 0.5) is 0 Å². The highest BCUT2D eigenvalue weighted by atomic mass is 31.2. The molecule has 114 heavy (non-hydrogen) atoms. The smallest absolute Gasteiger partial charge is 0.462 e. The third kappa shape index (κ3) is 87.9. The van der Waals surface area contributed by atoms with Gasteiger partial charge in [0, 0.05) is 25.7 Å². The fourth-order valence-electron chi connectivity index (χ4n) is 15.0. The lowest BCUT2D eigenvalue weighted by Gasteiger charge is -2.21. The summed E-state index contributed by atoms with van der Waals surface area (Å²) < 4.78 is 69.2. The van der Waals surface area contributed by atoms with Crippen LogP contribution in [-0.2, 0) is 65.4 Å². The number of phosphoric acid groups is 2. The fourth-order valence-corrected chi connectivity index (χ4v) is 16.6. The van der Waals surface area contributed by atoms with Gasteiger partial charge >= 0.3 is 39.5 Å². The summed E-state index contributed by atoms with van der Waals surface area (Å²) in [5.74, 6) is -0.544. The summed E-state index contributed by atoms with van der Waals surface area (Å²) in [6.45, 7) is 9.73. The van der Waals surface area contributed by atoms with E-state index in [2.05, 4.69) is 41.5 Å². The van der Waals surface area contributed by atoms with Crippen LogP contribution >= 0.6 is 15.6 Å². The number of ether oxygens (including phenoxy) is 4. The second-order valence-corrected chi connectivity index (χ2v) is 38.0. The van der Waals surface area contributed by atoms with Crippen molar-refractivity contribution in [2.24, 2.45) is 11.8 Å². The van der Waals surface area contributed by atoms with Gasteiger partial charge in [-0.25, -0.2) is 9.13 Å². The number of aliphatic hydroxyl groups excluding tert-OH is 1. The van der Waals surface area contributed by atoms with E-state index in [0.29, 0.717) is 25.7 Å². The van der Waals surface area contributed by atoms with E-state index in [1.165, 1.54) is 334 Å². The Hall–Kier alpha value is -1.94. The van der Waals surface area contributed by atoms with Crippen molar-refractivity contribution in [1.82, 2.24) is 0 Å². The van der Waals surface area contributed by atoms with Gasteiger partial charge in [-0.3, -0.25) is 37.3 Å². The van der Waals surface area contributed by atoms with E-state index in [4.69, 9.17) is 37.0 Å². The van der Waals surface area contributed by atoms with Crippen molar-refractivity contribution in [3.05, 3.63) is 0 Å². The highest BCUT2D eigenvalue weighted by Crippen LogP contribution is 2.45. The molecule has 0 bridgehead atoms. The molecule has 17 nitrogen and oxygen atoms in total. The Bertz CT molecular complexity index is 2170. The first-order chi connectivity index (χ1) is 55.4. The van der Waals surface area contributed by atoms with E-state index in [-0.39, 0.29) is 25.7 Å². The lowest BCUT2D eigenvalue weighted by atomic mass is 10.0. The maximum absolute atomic E-state index is 13.2. The van der Waals surface area contributed by atoms with E-state index in [9.17, 15) is 43.2 Å². The Balaban J connectivity index is 5.22. The molecular weight excluding hydrogens is 1470 g/mol. The Morgan fingerprint density at radius 3 is 0.596 bits per heavy atom. The van der Waals surface area contributed by atoms with Crippen LogP contribution < -0.4 is 0 Å². The molecule has 0 aromatic carbocycles. The lowest BCUT2D eigenvalue weighted by molar-refractivity contribution is -0.161. The molecule has 0 amide bonds. The van der Waals surface area contributed by atoms with Gasteiger partial charge in [-0.2, -0.15) is 0 Å². The van der Waals surface area contributed by atoms with Crippen molar-refractivity contribution in [1.29, 1.82) is 0 Å². The number of unbranched alkanes of at least 4 members (excludes halogenated alkanes) is 64. The molecule has 0 rings (SSSR count). The van der Waals surface area contributed by atoms with Crippen LogP contribution in [0, 0.1) is 11.8 Å². The van der Waals surface area contributed by atoms with E-state index in [0.717, 1.165) is 102 Å². The first-order valence-electron chi connectivity index (χ1n) is 49.0. The molecule has 0 aliphatic heterocycles. The second kappa shape index (κ2) is 86.0. The SMILES string of the molecule is CCCCCCCCCCCCCCCCCCCCCCCCC(=O)O[C@H](COC(=O)CCCCCCCCCCCCCCCCCCCCC(C)C)COP(=O)(O)OC[C@@H](O)COP(=O)(O)OC[C@@H](COC(=O)CCCCCCCCCCC(C)C)OC(=O)CCCCCCCCCCCCCCCCCCCCCC. The molecule has 0 radical (unpaired) electrons. The number of carbonyl (C=O) groups excluding carboxylic acids is 4. The monoisotopic (exact) mass is 1660 g/mol. The van der Waals surface area contributed by atoms with Crippen LogP contribution in [0.2, 0.25) is 0 Å². The zero-order chi connectivity index (χ0) is 83.4. The Morgan fingerprint density at radius 2 is 0.404 bits per heavy atom. The van der Waals surface area contributed by atoms with Gasteiger partial charge in [-0.05, 0) is 37.5 Å². The van der Waals surface area contributed by atoms with Gasteiger partial charge in [0.05, 0.1) is 26.4 Å². The van der Waals surface area contributed by atoms with Gasteiger partial charge in [0.15, 0.2) is 12.2 Å². The number of esters is 4. The lowest BCUT2D eigenvalue weighted by Crippen LogP contribution is -2.30.